The van der Waals surface area contributed by atoms with Crippen molar-refractivity contribution in [1.82, 2.24) is 10.3 Å². The molecule has 4 nitrogen and oxygen atoms in total. The number of anilines is 1. The average Bonchev–Trinajstić information content (AvgIpc) is 3.46. The molecule has 3 aliphatic rings. The van der Waals surface area contributed by atoms with Crippen LogP contribution < -0.4 is 10.2 Å². The summed E-state index contributed by atoms with van der Waals surface area (Å²) < 4.78 is 0. The monoisotopic (exact) mass is 407 g/mol. The zero-order chi connectivity index (χ0) is 20.8. The molecule has 1 aromatic heterocycles. The van der Waals surface area contributed by atoms with Gasteiger partial charge in [-0.15, -0.1) is 0 Å². The number of hydrogen-bond acceptors (Lipinski definition) is 3. The van der Waals surface area contributed by atoms with E-state index in [2.05, 4.69) is 16.3 Å². The van der Waals surface area contributed by atoms with Crippen LogP contribution in [0.3, 0.4) is 0 Å². The first kappa shape index (κ1) is 21.7. The highest BCUT2D eigenvalue weighted by molar-refractivity contribution is 6.17. The minimum Gasteiger partial charge on any atom is -0.371 e. The molecule has 0 spiro atoms. The molecule has 162 valence electrons. The maximum atomic E-state index is 13.3. The van der Waals surface area contributed by atoms with E-state index in [1.807, 2.05) is 6.07 Å². The van der Waals surface area contributed by atoms with Crippen LogP contribution in [-0.2, 0) is 0 Å². The molecule has 1 aliphatic heterocycles. The van der Waals surface area contributed by atoms with Gasteiger partial charge in [-0.25, -0.2) is 4.98 Å². The summed E-state index contributed by atoms with van der Waals surface area (Å²) in [4.78, 5) is 20.6. The Balaban J connectivity index is 1.53. The standard InChI is InChI=1S/C25H38BN3O/c26-25(14-8-4-2-1-3-5-9-15-25)28-24(30)23-19-21(29-16-10-11-17-29)18-22(27-23)20-12-6-7-13-20/h18-20H,1-17H2,(H,28,30). The minimum absolute atomic E-state index is 0.0881. The summed E-state index contributed by atoms with van der Waals surface area (Å²) in [5.74, 6) is 0.412. The molecule has 1 N–H and O–H groups in total. The number of hydrogen-bond donors (Lipinski definition) is 1. The first-order chi connectivity index (χ1) is 14.6. The number of nitrogens with one attached hydrogen (secondary N) is 1. The van der Waals surface area contributed by atoms with E-state index in [1.54, 1.807) is 0 Å². The van der Waals surface area contributed by atoms with Crippen LogP contribution in [0.4, 0.5) is 5.69 Å². The number of carbonyl (C=O) groups excluding carboxylic acids is 1. The molecule has 5 heteroatoms. The molecule has 3 fully saturated rings. The number of nitrogens with zero attached hydrogens (tertiary/aromatic N) is 2. The lowest BCUT2D eigenvalue weighted by molar-refractivity contribution is 0.0913. The molecular formula is C25H38BN3O. The highest BCUT2D eigenvalue weighted by Gasteiger charge is 2.28. The van der Waals surface area contributed by atoms with Crippen LogP contribution in [0.2, 0.25) is 0 Å². The van der Waals surface area contributed by atoms with Crippen LogP contribution in [0.15, 0.2) is 12.1 Å². The summed E-state index contributed by atoms with van der Waals surface area (Å²) in [6, 6.07) is 4.25. The topological polar surface area (TPSA) is 45.2 Å². The van der Waals surface area contributed by atoms with Crippen LogP contribution in [0.25, 0.3) is 0 Å². The second kappa shape index (κ2) is 10.2. The normalized spacial score (nSPS) is 23.4. The van der Waals surface area contributed by atoms with Gasteiger partial charge >= 0.3 is 0 Å². The van der Waals surface area contributed by atoms with Crippen molar-refractivity contribution in [2.24, 2.45) is 0 Å². The molecule has 0 unspecified atom stereocenters. The van der Waals surface area contributed by atoms with Crippen molar-refractivity contribution in [2.45, 2.75) is 108 Å². The Morgan fingerprint density at radius 3 is 2.13 bits per heavy atom. The van der Waals surface area contributed by atoms with Gasteiger partial charge in [-0.3, -0.25) is 4.79 Å². The van der Waals surface area contributed by atoms with Crippen molar-refractivity contribution >= 4 is 19.4 Å². The molecule has 0 atom stereocenters. The molecule has 1 amide bonds. The summed E-state index contributed by atoms with van der Waals surface area (Å²) >= 11 is 0. The van der Waals surface area contributed by atoms with Crippen molar-refractivity contribution in [3.05, 3.63) is 23.5 Å². The summed E-state index contributed by atoms with van der Waals surface area (Å²) in [7, 11) is 6.74. The molecule has 2 heterocycles. The Bertz CT molecular complexity index is 666. The largest absolute Gasteiger partial charge is 0.371 e. The van der Waals surface area contributed by atoms with Crippen LogP contribution in [0.5, 0.6) is 0 Å². The van der Waals surface area contributed by atoms with Crippen LogP contribution >= 0.6 is 0 Å². The lowest BCUT2D eigenvalue weighted by Gasteiger charge is -2.33. The van der Waals surface area contributed by atoms with Gasteiger partial charge in [-0.1, -0.05) is 57.8 Å². The van der Waals surface area contributed by atoms with Crippen molar-refractivity contribution < 1.29 is 4.79 Å². The Morgan fingerprint density at radius 1 is 0.900 bits per heavy atom. The molecule has 4 rings (SSSR count). The third-order valence-electron chi connectivity index (χ3n) is 7.42. The predicted molar refractivity (Wildman–Crippen MR) is 124 cm³/mol. The van der Waals surface area contributed by atoms with E-state index in [-0.39, 0.29) is 5.91 Å². The van der Waals surface area contributed by atoms with Crippen molar-refractivity contribution in [3.63, 3.8) is 0 Å². The lowest BCUT2D eigenvalue weighted by atomic mass is 9.69. The van der Waals surface area contributed by atoms with Crippen LogP contribution in [0, 0.1) is 0 Å². The molecule has 1 saturated heterocycles. The van der Waals surface area contributed by atoms with E-state index >= 15 is 0 Å². The zero-order valence-corrected chi connectivity index (χ0v) is 18.6. The Kier molecular flexibility index (Phi) is 7.38. The fraction of sp³-hybridized carbons (Fsp3) is 0.760. The van der Waals surface area contributed by atoms with E-state index < -0.39 is 5.44 Å². The molecule has 0 bridgehead atoms. The fourth-order valence-electron chi connectivity index (χ4n) is 5.55. The van der Waals surface area contributed by atoms with Crippen molar-refractivity contribution in [1.29, 1.82) is 0 Å². The predicted octanol–water partition coefficient (Wildman–Crippen LogP) is 5.46. The van der Waals surface area contributed by atoms with Gasteiger partial charge in [0, 0.05) is 35.8 Å². The molecule has 2 radical (unpaired) electrons. The quantitative estimate of drug-likeness (QED) is 0.675. The Labute approximate surface area is 184 Å². The first-order valence-electron chi connectivity index (χ1n) is 12.5. The molecule has 2 saturated carbocycles. The molecule has 1 aromatic rings. The molecule has 0 aromatic carbocycles. The SMILES string of the molecule is [B]C1(NC(=O)c2cc(N3CCCC3)cc(C3CCCC3)n2)CCCCCCCCC1. The zero-order valence-electron chi connectivity index (χ0n) is 18.6. The minimum atomic E-state index is -0.604. The van der Waals surface area contributed by atoms with E-state index in [0.29, 0.717) is 11.6 Å². The summed E-state index contributed by atoms with van der Waals surface area (Å²) in [5.41, 5.74) is 2.24. The van der Waals surface area contributed by atoms with E-state index in [0.717, 1.165) is 44.5 Å². The lowest BCUT2D eigenvalue weighted by Crippen LogP contribution is -2.49. The molecular weight excluding hydrogens is 369 g/mol. The summed E-state index contributed by atoms with van der Waals surface area (Å²) in [6.45, 7) is 2.16. The van der Waals surface area contributed by atoms with Crippen molar-refractivity contribution in [2.75, 3.05) is 18.0 Å². The first-order valence-corrected chi connectivity index (χ1v) is 12.5. The smallest absolute Gasteiger partial charge is 0.269 e. The van der Waals surface area contributed by atoms with E-state index in [9.17, 15) is 4.79 Å². The maximum Gasteiger partial charge on any atom is 0.269 e. The summed E-state index contributed by atoms with van der Waals surface area (Å²) in [5, 5.41) is 3.22. The van der Waals surface area contributed by atoms with Gasteiger partial charge in [0.1, 0.15) is 13.5 Å². The van der Waals surface area contributed by atoms with Gasteiger partial charge in [0.15, 0.2) is 0 Å². The van der Waals surface area contributed by atoms with Crippen molar-refractivity contribution in [3.8, 4) is 0 Å². The van der Waals surface area contributed by atoms with Gasteiger partial charge in [-0.05, 0) is 50.7 Å². The highest BCUT2D eigenvalue weighted by Crippen LogP contribution is 2.35. The van der Waals surface area contributed by atoms with Crippen LogP contribution in [0.1, 0.15) is 118 Å². The van der Waals surface area contributed by atoms with Gasteiger partial charge < -0.3 is 10.2 Å². The van der Waals surface area contributed by atoms with E-state index in [4.69, 9.17) is 12.8 Å². The van der Waals surface area contributed by atoms with Gasteiger partial charge in [0.05, 0.1) is 0 Å². The average molecular weight is 407 g/mol. The van der Waals surface area contributed by atoms with Crippen LogP contribution in [-0.4, -0.2) is 37.3 Å². The number of amides is 1. The molecule has 30 heavy (non-hydrogen) atoms. The Morgan fingerprint density at radius 2 is 1.50 bits per heavy atom. The Hall–Kier alpha value is -1.52. The van der Waals surface area contributed by atoms with E-state index in [1.165, 1.54) is 76.3 Å². The maximum absolute atomic E-state index is 13.3. The fourth-order valence-corrected chi connectivity index (χ4v) is 5.55. The van der Waals surface area contributed by atoms with Gasteiger partial charge in [0.2, 0.25) is 0 Å². The second-order valence-electron chi connectivity index (χ2n) is 9.90. The van der Waals surface area contributed by atoms with Gasteiger partial charge in [0.25, 0.3) is 5.91 Å². The van der Waals surface area contributed by atoms with Gasteiger partial charge in [-0.2, -0.15) is 0 Å². The number of pyridine rings is 1. The second-order valence-corrected chi connectivity index (χ2v) is 9.90. The number of carbonyl (C=O) groups is 1. The third kappa shape index (κ3) is 5.59. The summed E-state index contributed by atoms with van der Waals surface area (Å²) in [6.07, 6.45) is 17.6. The highest BCUT2D eigenvalue weighted by atomic mass is 16.2. The third-order valence-corrected chi connectivity index (χ3v) is 7.42. The number of rotatable bonds is 4. The number of aromatic nitrogens is 1. The molecule has 2 aliphatic carbocycles.